The molecule has 0 radical (unpaired) electrons. The lowest BCUT2D eigenvalue weighted by molar-refractivity contribution is 0.414. The number of ether oxygens (including phenoxy) is 2. The molecule has 148 valence electrons. The maximum Gasteiger partial charge on any atom is 0.210 e. The van der Waals surface area contributed by atoms with Crippen molar-refractivity contribution in [3.8, 4) is 45.3 Å². The van der Waals surface area contributed by atoms with Crippen LogP contribution in [0.4, 0.5) is 0 Å². The van der Waals surface area contributed by atoms with Crippen LogP contribution in [0.15, 0.2) is 60.9 Å². The van der Waals surface area contributed by atoms with Crippen molar-refractivity contribution >= 4 is 5.65 Å². The Hall–Kier alpha value is -4.27. The number of hydrogen-bond donors (Lipinski definition) is 1. The van der Waals surface area contributed by atoms with Gasteiger partial charge in [-0.15, -0.1) is 10.2 Å². The predicted octanol–water partition coefficient (Wildman–Crippen LogP) is 3.26. The second-order valence-electron chi connectivity index (χ2n) is 6.51. The van der Waals surface area contributed by atoms with Gasteiger partial charge in [0.15, 0.2) is 5.65 Å². The van der Waals surface area contributed by atoms with Gasteiger partial charge in [-0.25, -0.2) is 9.50 Å². The summed E-state index contributed by atoms with van der Waals surface area (Å²) < 4.78 is 12.4. The summed E-state index contributed by atoms with van der Waals surface area (Å²) in [6.07, 6.45) is 3.53. The monoisotopic (exact) mass is 399 g/mol. The van der Waals surface area contributed by atoms with Crippen LogP contribution < -0.4 is 9.47 Å². The zero-order chi connectivity index (χ0) is 20.5. The van der Waals surface area contributed by atoms with E-state index < -0.39 is 0 Å². The molecule has 3 heterocycles. The molecule has 0 saturated heterocycles. The molecule has 30 heavy (non-hydrogen) atoms. The molecular weight excluding hydrogens is 382 g/mol. The van der Waals surface area contributed by atoms with E-state index in [0.29, 0.717) is 17.0 Å². The second kappa shape index (κ2) is 7.28. The van der Waals surface area contributed by atoms with Gasteiger partial charge in [0.1, 0.15) is 11.5 Å². The van der Waals surface area contributed by atoms with Crippen molar-refractivity contribution < 1.29 is 9.47 Å². The fourth-order valence-corrected chi connectivity index (χ4v) is 3.37. The molecule has 9 heteroatoms. The minimum Gasteiger partial charge on any atom is -0.497 e. The molecule has 0 aliphatic carbocycles. The topological polar surface area (TPSA) is 103 Å². The molecule has 0 spiro atoms. The zero-order valence-corrected chi connectivity index (χ0v) is 16.3. The Morgan fingerprint density at radius 3 is 2.07 bits per heavy atom. The lowest BCUT2D eigenvalue weighted by Crippen LogP contribution is -2.00. The summed E-state index contributed by atoms with van der Waals surface area (Å²) in [4.78, 5) is 4.66. The van der Waals surface area contributed by atoms with Gasteiger partial charge in [-0.2, -0.15) is 10.3 Å². The number of aromatic nitrogens is 7. The Morgan fingerprint density at radius 1 is 0.800 bits per heavy atom. The van der Waals surface area contributed by atoms with E-state index >= 15 is 0 Å². The number of methoxy groups -OCH3 is 2. The molecule has 3 aromatic heterocycles. The molecule has 2 aromatic carbocycles. The van der Waals surface area contributed by atoms with E-state index in [9.17, 15) is 0 Å². The summed E-state index contributed by atoms with van der Waals surface area (Å²) >= 11 is 0. The standard InChI is InChI=1S/C21H17N7O2/c1-29-15-7-3-13(4-8-15)17-11-22-21-18(20-24-26-27-25-20)12-23-28(21)19(17)14-5-9-16(30-2)10-6-14/h3-12H,1-2H3,(H,24,25,26,27). The summed E-state index contributed by atoms with van der Waals surface area (Å²) in [6, 6.07) is 15.7. The number of nitrogens with one attached hydrogen (secondary N) is 1. The van der Waals surface area contributed by atoms with E-state index in [0.717, 1.165) is 33.9 Å². The van der Waals surface area contributed by atoms with Gasteiger partial charge < -0.3 is 9.47 Å². The molecule has 5 aromatic rings. The van der Waals surface area contributed by atoms with Crippen LogP contribution in [0.5, 0.6) is 11.5 Å². The lowest BCUT2D eigenvalue weighted by atomic mass is 10.0. The first-order chi connectivity index (χ1) is 14.8. The lowest BCUT2D eigenvalue weighted by Gasteiger charge is -2.13. The Balaban J connectivity index is 1.76. The van der Waals surface area contributed by atoms with E-state index in [1.165, 1.54) is 0 Å². The van der Waals surface area contributed by atoms with Crippen molar-refractivity contribution in [3.63, 3.8) is 0 Å². The molecule has 0 saturated carbocycles. The smallest absolute Gasteiger partial charge is 0.210 e. The van der Waals surface area contributed by atoms with Crippen molar-refractivity contribution in [1.82, 2.24) is 35.2 Å². The number of tetrazole rings is 1. The van der Waals surface area contributed by atoms with Crippen LogP contribution in [0.1, 0.15) is 0 Å². The van der Waals surface area contributed by atoms with Gasteiger partial charge >= 0.3 is 0 Å². The SMILES string of the molecule is COc1ccc(-c2cnc3c(-c4nn[nH]n4)cnn3c2-c2ccc(OC)cc2)cc1. The Bertz CT molecular complexity index is 1290. The van der Waals surface area contributed by atoms with Crippen molar-refractivity contribution in [2.24, 2.45) is 0 Å². The molecule has 0 fully saturated rings. The summed E-state index contributed by atoms with van der Waals surface area (Å²) in [5.74, 6) is 2.01. The molecule has 9 nitrogen and oxygen atoms in total. The van der Waals surface area contributed by atoms with E-state index in [2.05, 4.69) is 30.7 Å². The van der Waals surface area contributed by atoms with Crippen LogP contribution >= 0.6 is 0 Å². The highest BCUT2D eigenvalue weighted by Crippen LogP contribution is 2.35. The Labute approximate surface area is 171 Å². The highest BCUT2D eigenvalue weighted by Gasteiger charge is 2.19. The molecule has 0 aliphatic rings. The maximum atomic E-state index is 5.31. The number of fused-ring (bicyclic) bond motifs is 1. The summed E-state index contributed by atoms with van der Waals surface area (Å²) in [6.45, 7) is 0. The fourth-order valence-electron chi connectivity index (χ4n) is 3.37. The van der Waals surface area contributed by atoms with E-state index in [-0.39, 0.29) is 0 Å². The van der Waals surface area contributed by atoms with Gasteiger partial charge in [0.05, 0.1) is 31.7 Å². The maximum absolute atomic E-state index is 5.31. The van der Waals surface area contributed by atoms with Gasteiger partial charge in [0.25, 0.3) is 0 Å². The van der Waals surface area contributed by atoms with Crippen LogP contribution in [0, 0.1) is 0 Å². The molecule has 1 N–H and O–H groups in total. The van der Waals surface area contributed by atoms with Crippen LogP contribution in [0.25, 0.3) is 39.4 Å². The highest BCUT2D eigenvalue weighted by atomic mass is 16.5. The summed E-state index contributed by atoms with van der Waals surface area (Å²) in [7, 11) is 3.29. The van der Waals surface area contributed by atoms with E-state index in [4.69, 9.17) is 9.47 Å². The molecular formula is C21H17N7O2. The van der Waals surface area contributed by atoms with Crippen LogP contribution in [0.2, 0.25) is 0 Å². The summed E-state index contributed by atoms with van der Waals surface area (Å²) in [5, 5.41) is 18.8. The zero-order valence-electron chi connectivity index (χ0n) is 16.3. The largest absolute Gasteiger partial charge is 0.497 e. The van der Waals surface area contributed by atoms with Crippen LogP contribution in [-0.4, -0.2) is 49.4 Å². The van der Waals surface area contributed by atoms with Crippen molar-refractivity contribution in [2.45, 2.75) is 0 Å². The predicted molar refractivity (Wildman–Crippen MR) is 110 cm³/mol. The van der Waals surface area contributed by atoms with E-state index in [1.807, 2.05) is 54.7 Å². The number of nitrogens with zero attached hydrogens (tertiary/aromatic N) is 6. The number of rotatable bonds is 5. The van der Waals surface area contributed by atoms with Gasteiger partial charge in [-0.3, -0.25) is 0 Å². The fraction of sp³-hybridized carbons (Fsp3) is 0.0952. The second-order valence-corrected chi connectivity index (χ2v) is 6.51. The van der Waals surface area contributed by atoms with Crippen LogP contribution in [0.3, 0.4) is 0 Å². The minimum atomic E-state index is 0.440. The number of H-pyrrole nitrogens is 1. The first-order valence-electron chi connectivity index (χ1n) is 9.18. The molecule has 0 unspecified atom stereocenters. The Kier molecular flexibility index (Phi) is 4.32. The number of benzene rings is 2. The normalized spacial score (nSPS) is 11.0. The molecule has 0 amide bonds. The number of hydrogen-bond acceptors (Lipinski definition) is 7. The van der Waals surface area contributed by atoms with E-state index in [1.54, 1.807) is 24.9 Å². The third-order valence-electron chi connectivity index (χ3n) is 4.88. The van der Waals surface area contributed by atoms with Crippen molar-refractivity contribution in [2.75, 3.05) is 14.2 Å². The van der Waals surface area contributed by atoms with Gasteiger partial charge in [-0.1, -0.05) is 12.1 Å². The molecule has 0 aliphatic heterocycles. The third-order valence-corrected chi connectivity index (χ3v) is 4.88. The summed E-state index contributed by atoms with van der Waals surface area (Å²) in [5.41, 5.74) is 5.12. The highest BCUT2D eigenvalue weighted by molar-refractivity contribution is 5.84. The number of aromatic amines is 1. The van der Waals surface area contributed by atoms with Gasteiger partial charge in [-0.05, 0) is 47.2 Å². The quantitative estimate of drug-likeness (QED) is 0.484. The Morgan fingerprint density at radius 2 is 1.47 bits per heavy atom. The average Bonchev–Trinajstić information content (AvgIpc) is 3.48. The first-order valence-corrected chi connectivity index (χ1v) is 9.18. The molecule has 0 atom stereocenters. The van der Waals surface area contributed by atoms with Gasteiger partial charge in [0.2, 0.25) is 5.82 Å². The van der Waals surface area contributed by atoms with Crippen molar-refractivity contribution in [3.05, 3.63) is 60.9 Å². The van der Waals surface area contributed by atoms with Gasteiger partial charge in [0, 0.05) is 17.3 Å². The first kappa shape index (κ1) is 17.8. The molecule has 0 bridgehead atoms. The van der Waals surface area contributed by atoms with Crippen molar-refractivity contribution in [1.29, 1.82) is 0 Å². The van der Waals surface area contributed by atoms with Crippen LogP contribution in [-0.2, 0) is 0 Å². The minimum absolute atomic E-state index is 0.440. The molecule has 5 rings (SSSR count). The third kappa shape index (κ3) is 2.93. The average molecular weight is 399 g/mol.